The van der Waals surface area contributed by atoms with Crippen LogP contribution in [0.3, 0.4) is 0 Å². The number of sulfonamides is 1. The summed E-state index contributed by atoms with van der Waals surface area (Å²) in [7, 11) is -3.65. The molecule has 0 radical (unpaired) electrons. The smallest absolute Gasteiger partial charge is 0.243 e. The number of nitrogens with zero attached hydrogens (tertiary/aromatic N) is 1. The van der Waals surface area contributed by atoms with Crippen LogP contribution in [0, 0.1) is 46.4 Å². The van der Waals surface area contributed by atoms with Crippen molar-refractivity contribution in [3.8, 4) is 0 Å². The molecule has 0 unspecified atom stereocenters. The van der Waals surface area contributed by atoms with E-state index in [-0.39, 0.29) is 30.6 Å². The van der Waals surface area contributed by atoms with E-state index in [1.807, 2.05) is 33.8 Å². The molecule has 1 aliphatic rings. The fraction of sp³-hybridized carbons (Fsp3) is 0.435. The van der Waals surface area contributed by atoms with Crippen molar-refractivity contribution in [2.24, 2.45) is 5.92 Å². The largest absolute Gasteiger partial charge is 0.323 e. The number of carbonyl (C=O) groups excluding carboxylic acids is 1. The van der Waals surface area contributed by atoms with Gasteiger partial charge in [0.1, 0.15) is 5.82 Å². The van der Waals surface area contributed by atoms with Gasteiger partial charge in [0.05, 0.1) is 10.6 Å². The zero-order valence-electron chi connectivity index (χ0n) is 18.2. The fourth-order valence-corrected chi connectivity index (χ4v) is 6.06. The van der Waals surface area contributed by atoms with E-state index in [1.54, 1.807) is 19.1 Å². The molecule has 0 saturated carbocycles. The number of anilines is 1. The second kappa shape index (κ2) is 8.47. The Morgan fingerprint density at radius 3 is 2.10 bits per heavy atom. The zero-order valence-corrected chi connectivity index (χ0v) is 19.0. The molecule has 2 aromatic rings. The molecule has 1 amide bonds. The van der Waals surface area contributed by atoms with E-state index < -0.39 is 15.8 Å². The van der Waals surface area contributed by atoms with Crippen LogP contribution in [-0.2, 0) is 14.8 Å². The first-order valence-electron chi connectivity index (χ1n) is 10.2. The van der Waals surface area contributed by atoms with E-state index in [0.717, 1.165) is 27.8 Å². The summed E-state index contributed by atoms with van der Waals surface area (Å²) < 4.78 is 42.2. The van der Waals surface area contributed by atoms with Crippen LogP contribution in [-0.4, -0.2) is 31.7 Å². The van der Waals surface area contributed by atoms with E-state index in [0.29, 0.717) is 17.7 Å². The van der Waals surface area contributed by atoms with Crippen LogP contribution < -0.4 is 5.32 Å². The summed E-state index contributed by atoms with van der Waals surface area (Å²) in [5, 5.41) is 2.64. The lowest BCUT2D eigenvalue weighted by molar-refractivity contribution is -0.120. The van der Waals surface area contributed by atoms with Crippen LogP contribution in [0.15, 0.2) is 29.2 Å². The van der Waals surface area contributed by atoms with Gasteiger partial charge in [-0.2, -0.15) is 4.31 Å². The first kappa shape index (κ1) is 22.4. The number of aryl methyl sites for hydroxylation is 3. The van der Waals surface area contributed by atoms with E-state index in [2.05, 4.69) is 5.32 Å². The highest BCUT2D eigenvalue weighted by atomic mass is 32.2. The van der Waals surface area contributed by atoms with Crippen molar-refractivity contribution in [2.75, 3.05) is 18.4 Å². The Morgan fingerprint density at radius 1 is 1.00 bits per heavy atom. The van der Waals surface area contributed by atoms with Gasteiger partial charge >= 0.3 is 0 Å². The Kier molecular flexibility index (Phi) is 6.34. The molecule has 3 rings (SSSR count). The average molecular weight is 433 g/mol. The molecule has 1 aliphatic heterocycles. The Hall–Kier alpha value is -2.25. The quantitative estimate of drug-likeness (QED) is 0.778. The number of amides is 1. The van der Waals surface area contributed by atoms with Gasteiger partial charge in [0.15, 0.2) is 0 Å². The van der Waals surface area contributed by atoms with Crippen molar-refractivity contribution in [3.05, 3.63) is 57.9 Å². The van der Waals surface area contributed by atoms with Crippen molar-refractivity contribution < 1.29 is 17.6 Å². The van der Waals surface area contributed by atoms with Gasteiger partial charge in [0, 0.05) is 19.0 Å². The molecule has 1 heterocycles. The molecule has 0 aliphatic carbocycles. The summed E-state index contributed by atoms with van der Waals surface area (Å²) in [6, 6.07) is 6.67. The maximum atomic E-state index is 14.0. The summed E-state index contributed by atoms with van der Waals surface area (Å²) in [6.45, 7) is 9.83. The number of piperidine rings is 1. The van der Waals surface area contributed by atoms with Crippen molar-refractivity contribution in [1.82, 2.24) is 4.31 Å². The van der Waals surface area contributed by atoms with Crippen LogP contribution in [0.4, 0.5) is 10.1 Å². The van der Waals surface area contributed by atoms with Crippen LogP contribution in [0.2, 0.25) is 0 Å². The number of hydrogen-bond donors (Lipinski definition) is 1. The minimum Gasteiger partial charge on any atom is -0.323 e. The molecule has 0 atom stereocenters. The van der Waals surface area contributed by atoms with Gasteiger partial charge in [-0.3, -0.25) is 4.79 Å². The highest BCUT2D eigenvalue weighted by molar-refractivity contribution is 7.89. The molecule has 0 bridgehead atoms. The van der Waals surface area contributed by atoms with Crippen LogP contribution in [0.5, 0.6) is 0 Å². The number of hydrogen-bond acceptors (Lipinski definition) is 3. The van der Waals surface area contributed by atoms with E-state index >= 15 is 0 Å². The second-order valence-corrected chi connectivity index (χ2v) is 10.1. The average Bonchev–Trinajstić information content (AvgIpc) is 2.68. The minimum absolute atomic E-state index is 0.155. The highest BCUT2D eigenvalue weighted by Gasteiger charge is 2.34. The molecule has 5 nitrogen and oxygen atoms in total. The van der Waals surface area contributed by atoms with E-state index in [9.17, 15) is 17.6 Å². The molecule has 0 aromatic heterocycles. The third-order valence-electron chi connectivity index (χ3n) is 6.10. The van der Waals surface area contributed by atoms with Gasteiger partial charge < -0.3 is 5.32 Å². The molecule has 1 fully saturated rings. The molecule has 1 N–H and O–H groups in total. The number of nitrogens with one attached hydrogen (secondary N) is 1. The Bertz CT molecular complexity index is 1060. The lowest BCUT2D eigenvalue weighted by Crippen LogP contribution is -2.42. The molecule has 162 valence electrons. The third kappa shape index (κ3) is 4.27. The van der Waals surface area contributed by atoms with Crippen LogP contribution >= 0.6 is 0 Å². The van der Waals surface area contributed by atoms with Crippen molar-refractivity contribution in [1.29, 1.82) is 0 Å². The molecular weight excluding hydrogens is 403 g/mol. The number of benzene rings is 2. The SMILES string of the molecule is Cc1ccc(NC(=O)C2CCN(S(=O)(=O)c3c(C)c(C)cc(C)c3C)CC2)c(F)c1. The van der Waals surface area contributed by atoms with Crippen molar-refractivity contribution in [2.45, 2.75) is 52.4 Å². The second-order valence-electron chi connectivity index (χ2n) is 8.24. The maximum Gasteiger partial charge on any atom is 0.243 e. The molecule has 2 aromatic carbocycles. The number of halogens is 1. The summed E-state index contributed by atoms with van der Waals surface area (Å²) in [6.07, 6.45) is 0.808. The highest BCUT2D eigenvalue weighted by Crippen LogP contribution is 2.31. The lowest BCUT2D eigenvalue weighted by Gasteiger charge is -2.31. The Balaban J connectivity index is 1.73. The van der Waals surface area contributed by atoms with Gasteiger partial charge in [0.25, 0.3) is 0 Å². The standard InChI is InChI=1S/C23H29FN2O3S/c1-14-6-7-21(20(24)12-14)25-23(27)19-8-10-26(11-9-19)30(28,29)22-17(4)15(2)13-16(3)18(22)5/h6-7,12-13,19H,8-11H2,1-5H3,(H,25,27). The van der Waals surface area contributed by atoms with Gasteiger partial charge in [0.2, 0.25) is 15.9 Å². The first-order valence-corrected chi connectivity index (χ1v) is 11.6. The predicted molar refractivity (Wildman–Crippen MR) is 117 cm³/mol. The van der Waals surface area contributed by atoms with Crippen LogP contribution in [0.25, 0.3) is 0 Å². The summed E-state index contributed by atoms with van der Waals surface area (Å²) in [4.78, 5) is 13.0. The van der Waals surface area contributed by atoms with Crippen LogP contribution in [0.1, 0.15) is 40.7 Å². The third-order valence-corrected chi connectivity index (χ3v) is 8.28. The normalized spacial score (nSPS) is 15.9. The monoisotopic (exact) mass is 432 g/mol. The van der Waals surface area contributed by atoms with Crippen molar-refractivity contribution in [3.63, 3.8) is 0 Å². The summed E-state index contributed by atoms with van der Waals surface area (Å²) in [5.41, 5.74) is 4.38. The Labute approximate surface area is 178 Å². The maximum absolute atomic E-state index is 14.0. The van der Waals surface area contributed by atoms with Gasteiger partial charge in [-0.25, -0.2) is 12.8 Å². The van der Waals surface area contributed by atoms with Crippen molar-refractivity contribution >= 4 is 21.6 Å². The molecular formula is C23H29FN2O3S. The van der Waals surface area contributed by atoms with E-state index in [1.165, 1.54) is 10.4 Å². The van der Waals surface area contributed by atoms with Gasteiger partial charge in [-0.15, -0.1) is 0 Å². The summed E-state index contributed by atoms with van der Waals surface area (Å²) in [5.74, 6) is -1.09. The lowest BCUT2D eigenvalue weighted by atomic mass is 9.97. The summed E-state index contributed by atoms with van der Waals surface area (Å²) >= 11 is 0. The molecule has 7 heteroatoms. The minimum atomic E-state index is -3.65. The number of carbonyl (C=O) groups is 1. The molecule has 0 spiro atoms. The zero-order chi connectivity index (χ0) is 22.2. The molecule has 1 saturated heterocycles. The number of rotatable bonds is 4. The fourth-order valence-electron chi connectivity index (χ4n) is 4.01. The predicted octanol–water partition coefficient (Wildman–Crippen LogP) is 4.41. The topological polar surface area (TPSA) is 66.5 Å². The van der Waals surface area contributed by atoms with Gasteiger partial charge in [-0.1, -0.05) is 12.1 Å². The Morgan fingerprint density at radius 2 is 1.57 bits per heavy atom. The van der Waals surface area contributed by atoms with E-state index in [4.69, 9.17) is 0 Å². The van der Waals surface area contributed by atoms with Gasteiger partial charge in [-0.05, 0) is 87.4 Å². The molecule has 30 heavy (non-hydrogen) atoms. The first-order chi connectivity index (χ1) is 14.0.